The number of nitrogens with one attached hydrogen (secondary N) is 1. The van der Waals surface area contributed by atoms with Gasteiger partial charge in [0, 0.05) is 43.7 Å². The number of alkyl halides is 2. The van der Waals surface area contributed by atoms with Crippen molar-refractivity contribution in [2.75, 3.05) is 32.7 Å². The van der Waals surface area contributed by atoms with Crippen molar-refractivity contribution in [2.45, 2.75) is 75.5 Å². The van der Waals surface area contributed by atoms with Gasteiger partial charge < -0.3 is 15.1 Å². The number of hydrogen-bond donors (Lipinski definition) is 1. The fourth-order valence-corrected chi connectivity index (χ4v) is 7.26. The van der Waals surface area contributed by atoms with Crippen LogP contribution in [0, 0.1) is 5.92 Å². The molecule has 4 saturated heterocycles. The molecular weight excluding hydrogens is 410 g/mol. The van der Waals surface area contributed by atoms with E-state index in [1.165, 1.54) is 10.5 Å². The van der Waals surface area contributed by atoms with Crippen molar-refractivity contribution >= 4 is 6.03 Å². The molecule has 0 radical (unpaired) electrons. The molecule has 4 aliphatic heterocycles. The number of rotatable bonds is 6. The number of carbonyl (C=O) groups is 1. The Morgan fingerprint density at radius 1 is 1.09 bits per heavy atom. The van der Waals surface area contributed by atoms with Crippen LogP contribution < -0.4 is 5.32 Å². The van der Waals surface area contributed by atoms with Crippen molar-refractivity contribution < 1.29 is 13.6 Å². The molecule has 1 N–H and O–H groups in total. The van der Waals surface area contributed by atoms with Gasteiger partial charge in [-0.25, -0.2) is 13.6 Å². The zero-order valence-electron chi connectivity index (χ0n) is 19.2. The van der Waals surface area contributed by atoms with E-state index in [2.05, 4.69) is 40.5 Å². The lowest BCUT2D eigenvalue weighted by molar-refractivity contribution is 0.00902. The highest BCUT2D eigenvalue weighted by Crippen LogP contribution is 2.48. The molecule has 5 nitrogen and oxygen atoms in total. The van der Waals surface area contributed by atoms with Gasteiger partial charge in [-0.1, -0.05) is 30.3 Å². The molecule has 176 valence electrons. The van der Waals surface area contributed by atoms with Gasteiger partial charge in [0.05, 0.1) is 12.1 Å². The van der Waals surface area contributed by atoms with Gasteiger partial charge in [0.1, 0.15) is 0 Å². The molecule has 4 heterocycles. The van der Waals surface area contributed by atoms with Crippen LogP contribution >= 0.6 is 0 Å². The van der Waals surface area contributed by atoms with Crippen LogP contribution in [0.4, 0.5) is 13.6 Å². The summed E-state index contributed by atoms with van der Waals surface area (Å²) in [5, 5.41) is 3.60. The maximum Gasteiger partial charge on any atom is 0.321 e. The zero-order chi connectivity index (χ0) is 22.5. The topological polar surface area (TPSA) is 38.8 Å². The lowest BCUT2D eigenvalue weighted by atomic mass is 9.80. The number of piperidine rings is 1. The van der Waals surface area contributed by atoms with Crippen LogP contribution in [0.25, 0.3) is 0 Å². The van der Waals surface area contributed by atoms with Crippen LogP contribution in [-0.2, 0) is 0 Å². The summed E-state index contributed by atoms with van der Waals surface area (Å²) in [6.07, 6.45) is 1.63. The monoisotopic (exact) mass is 446 g/mol. The molecule has 0 aromatic heterocycles. The lowest BCUT2D eigenvalue weighted by Gasteiger charge is -2.50. The molecule has 32 heavy (non-hydrogen) atoms. The van der Waals surface area contributed by atoms with Gasteiger partial charge >= 0.3 is 6.03 Å². The summed E-state index contributed by atoms with van der Waals surface area (Å²) in [7, 11) is 0. The van der Waals surface area contributed by atoms with E-state index in [-0.39, 0.29) is 17.6 Å². The molecule has 7 heteroatoms. The smallest absolute Gasteiger partial charge is 0.317 e. The Bertz CT molecular complexity index is 805. The molecule has 2 bridgehead atoms. The van der Waals surface area contributed by atoms with Crippen LogP contribution in [-0.4, -0.2) is 83.5 Å². The Morgan fingerprint density at radius 3 is 2.41 bits per heavy atom. The van der Waals surface area contributed by atoms with Crippen LogP contribution in [0.5, 0.6) is 0 Å². The average molecular weight is 447 g/mol. The SMILES string of the molecule is CC(C)N1C(=O)N(CC(F)F)CC12CC1CCC(C2)N1C[C@H]1CNC[C@@H]1c1ccccc1. The van der Waals surface area contributed by atoms with Gasteiger partial charge in [0.2, 0.25) is 0 Å². The fraction of sp³-hybridized carbons (Fsp3) is 0.720. The number of urea groups is 1. The molecule has 1 spiro atoms. The predicted octanol–water partition coefficient (Wildman–Crippen LogP) is 3.77. The quantitative estimate of drug-likeness (QED) is 0.723. The normalized spacial score (nSPS) is 35.2. The molecule has 0 saturated carbocycles. The van der Waals surface area contributed by atoms with E-state index < -0.39 is 13.0 Å². The molecule has 4 fully saturated rings. The molecule has 2 unspecified atom stereocenters. The fourth-order valence-electron chi connectivity index (χ4n) is 7.26. The van der Waals surface area contributed by atoms with E-state index in [4.69, 9.17) is 0 Å². The summed E-state index contributed by atoms with van der Waals surface area (Å²) >= 11 is 0. The van der Waals surface area contributed by atoms with Gasteiger partial charge in [-0.15, -0.1) is 0 Å². The Balaban J connectivity index is 1.32. The minimum absolute atomic E-state index is 0.0256. The third-order valence-corrected chi connectivity index (χ3v) is 8.36. The molecule has 1 aromatic rings. The summed E-state index contributed by atoms with van der Waals surface area (Å²) in [5.74, 6) is 1.12. The Kier molecular flexibility index (Phi) is 5.91. The summed E-state index contributed by atoms with van der Waals surface area (Å²) in [6, 6.07) is 11.5. The predicted molar refractivity (Wildman–Crippen MR) is 121 cm³/mol. The number of halogens is 2. The van der Waals surface area contributed by atoms with Crippen molar-refractivity contribution in [1.82, 2.24) is 20.0 Å². The second-order valence-electron chi connectivity index (χ2n) is 10.7. The van der Waals surface area contributed by atoms with Crippen molar-refractivity contribution in [3.8, 4) is 0 Å². The van der Waals surface area contributed by atoms with Crippen LogP contribution in [0.15, 0.2) is 30.3 Å². The second-order valence-corrected chi connectivity index (χ2v) is 10.7. The standard InChI is InChI=1S/C25H36F2N4O/c1-17(2)31-24(32)29(15-23(26)27)16-25(31)10-20-8-9-21(11-25)30(20)14-19-12-28-13-22(19)18-6-4-3-5-7-18/h3-7,17,19-23,28H,8-16H2,1-2H3/t19-,20?,21?,22-,25?/m1/s1. The van der Waals surface area contributed by atoms with E-state index >= 15 is 0 Å². The number of benzene rings is 1. The van der Waals surface area contributed by atoms with Gasteiger partial charge in [0.15, 0.2) is 0 Å². The highest BCUT2D eigenvalue weighted by Gasteiger charge is 2.58. The molecule has 4 atom stereocenters. The minimum Gasteiger partial charge on any atom is -0.317 e. The number of nitrogens with zero attached hydrogens (tertiary/aromatic N) is 3. The first-order valence-corrected chi connectivity index (χ1v) is 12.3. The highest BCUT2D eigenvalue weighted by molar-refractivity contribution is 5.78. The summed E-state index contributed by atoms with van der Waals surface area (Å²) in [5.41, 5.74) is 1.12. The van der Waals surface area contributed by atoms with E-state index in [1.54, 1.807) is 0 Å². The summed E-state index contributed by atoms with van der Waals surface area (Å²) < 4.78 is 26.3. The lowest BCUT2D eigenvalue weighted by Crippen LogP contribution is -2.60. The zero-order valence-corrected chi connectivity index (χ0v) is 19.2. The number of fused-ring (bicyclic) bond motifs is 2. The molecule has 4 aliphatic rings. The van der Waals surface area contributed by atoms with Crippen LogP contribution in [0.2, 0.25) is 0 Å². The van der Waals surface area contributed by atoms with Gasteiger partial charge in [0.25, 0.3) is 6.43 Å². The van der Waals surface area contributed by atoms with E-state index in [0.29, 0.717) is 30.5 Å². The van der Waals surface area contributed by atoms with Gasteiger partial charge in [-0.2, -0.15) is 0 Å². The molecule has 5 rings (SSSR count). The first-order chi connectivity index (χ1) is 15.4. The molecule has 2 amide bonds. The average Bonchev–Trinajstić information content (AvgIpc) is 3.37. The molecular formula is C25H36F2N4O. The molecule has 0 aliphatic carbocycles. The summed E-state index contributed by atoms with van der Waals surface area (Å²) in [6.45, 7) is 7.19. The van der Waals surface area contributed by atoms with E-state index in [0.717, 1.165) is 45.3 Å². The van der Waals surface area contributed by atoms with Crippen LogP contribution in [0.1, 0.15) is 51.0 Å². The number of hydrogen-bond acceptors (Lipinski definition) is 3. The third kappa shape index (κ3) is 3.81. The van der Waals surface area contributed by atoms with Gasteiger partial charge in [-0.05, 0) is 57.6 Å². The first kappa shape index (κ1) is 22.1. The largest absolute Gasteiger partial charge is 0.321 e. The van der Waals surface area contributed by atoms with E-state index in [9.17, 15) is 13.6 Å². The second kappa shape index (κ2) is 8.56. The van der Waals surface area contributed by atoms with E-state index in [1.807, 2.05) is 18.7 Å². The minimum atomic E-state index is -2.48. The highest BCUT2D eigenvalue weighted by atomic mass is 19.3. The third-order valence-electron chi connectivity index (χ3n) is 8.36. The van der Waals surface area contributed by atoms with Crippen molar-refractivity contribution in [3.05, 3.63) is 35.9 Å². The number of carbonyl (C=O) groups excluding carboxylic acids is 1. The van der Waals surface area contributed by atoms with Crippen LogP contribution in [0.3, 0.4) is 0 Å². The van der Waals surface area contributed by atoms with Crippen molar-refractivity contribution in [2.24, 2.45) is 5.92 Å². The summed E-state index contributed by atoms with van der Waals surface area (Å²) in [4.78, 5) is 19.1. The molecule has 1 aromatic carbocycles. The number of amides is 2. The maximum atomic E-state index is 13.1. The maximum absolute atomic E-state index is 13.1. The Labute approximate surface area is 190 Å². The van der Waals surface area contributed by atoms with Gasteiger partial charge in [-0.3, -0.25) is 4.90 Å². The Morgan fingerprint density at radius 2 is 1.78 bits per heavy atom. The first-order valence-electron chi connectivity index (χ1n) is 12.3. The van der Waals surface area contributed by atoms with Crippen molar-refractivity contribution in [3.63, 3.8) is 0 Å². The van der Waals surface area contributed by atoms with Crippen molar-refractivity contribution in [1.29, 1.82) is 0 Å². The Hall–Kier alpha value is -1.73.